The number of ether oxygens (including phenoxy) is 1. The van der Waals surface area contributed by atoms with Gasteiger partial charge in [-0.2, -0.15) is 0 Å². The molecule has 0 spiro atoms. The lowest BCUT2D eigenvalue weighted by atomic mass is 10.1. The van der Waals surface area contributed by atoms with E-state index in [1.807, 2.05) is 42.5 Å². The molecule has 4 rings (SSSR count). The Kier molecular flexibility index (Phi) is 5.52. The lowest BCUT2D eigenvalue weighted by Gasteiger charge is -2.20. The van der Waals surface area contributed by atoms with Crippen molar-refractivity contribution in [3.8, 4) is 5.75 Å². The Morgan fingerprint density at radius 1 is 1.07 bits per heavy atom. The van der Waals surface area contributed by atoms with Gasteiger partial charge in [-0.05, 0) is 35.4 Å². The van der Waals surface area contributed by atoms with Crippen LogP contribution in [0.5, 0.6) is 5.75 Å². The molecule has 2 heterocycles. The zero-order valence-electron chi connectivity index (χ0n) is 15.9. The SMILES string of the molecule is O=C(NCc1cccnc1)c1ccc2c(c1)CN(Cc1ccccc1)C(=O)CO2. The molecule has 1 aromatic heterocycles. The predicted molar refractivity (Wildman–Crippen MR) is 108 cm³/mol. The molecule has 6 heteroatoms. The van der Waals surface area contributed by atoms with Crippen LogP contribution >= 0.6 is 0 Å². The Balaban J connectivity index is 1.49. The summed E-state index contributed by atoms with van der Waals surface area (Å²) in [6, 6.07) is 18.8. The number of carbonyl (C=O) groups is 2. The Bertz CT molecular complexity index is 1010. The monoisotopic (exact) mass is 387 g/mol. The van der Waals surface area contributed by atoms with E-state index in [1.54, 1.807) is 35.5 Å². The summed E-state index contributed by atoms with van der Waals surface area (Å²) in [5.74, 6) is 0.382. The number of hydrogen-bond donors (Lipinski definition) is 1. The van der Waals surface area contributed by atoms with Gasteiger partial charge >= 0.3 is 0 Å². The molecule has 2 amide bonds. The maximum absolute atomic E-state index is 12.6. The van der Waals surface area contributed by atoms with Crippen LogP contribution in [-0.2, 0) is 24.4 Å². The standard InChI is InChI=1S/C23H21N3O3/c27-22-16-29-21-9-8-19(23(28)25-13-18-7-4-10-24-12-18)11-20(21)15-26(22)14-17-5-2-1-3-6-17/h1-12H,13-16H2,(H,25,28). The van der Waals surface area contributed by atoms with Gasteiger partial charge in [-0.25, -0.2) is 0 Å². The quantitative estimate of drug-likeness (QED) is 0.731. The van der Waals surface area contributed by atoms with Gasteiger partial charge in [0.2, 0.25) is 0 Å². The summed E-state index contributed by atoms with van der Waals surface area (Å²) in [6.45, 7) is 1.29. The lowest BCUT2D eigenvalue weighted by Crippen LogP contribution is -2.31. The molecule has 1 aliphatic heterocycles. The second-order valence-electron chi connectivity index (χ2n) is 6.89. The van der Waals surface area contributed by atoms with Crippen molar-refractivity contribution in [2.75, 3.05) is 6.61 Å². The summed E-state index contributed by atoms with van der Waals surface area (Å²) in [5.41, 5.74) is 3.33. The molecule has 0 saturated heterocycles. The minimum absolute atomic E-state index is 0.00756. The first-order valence-electron chi connectivity index (χ1n) is 9.43. The van der Waals surface area contributed by atoms with Gasteiger partial charge in [0.25, 0.3) is 11.8 Å². The van der Waals surface area contributed by atoms with E-state index in [-0.39, 0.29) is 18.4 Å². The molecule has 3 aromatic rings. The third-order valence-corrected chi connectivity index (χ3v) is 4.78. The fourth-order valence-corrected chi connectivity index (χ4v) is 3.24. The average Bonchev–Trinajstić information content (AvgIpc) is 2.92. The molecule has 29 heavy (non-hydrogen) atoms. The van der Waals surface area contributed by atoms with Crippen molar-refractivity contribution in [1.29, 1.82) is 0 Å². The molecule has 1 aliphatic rings. The van der Waals surface area contributed by atoms with Crippen LogP contribution in [-0.4, -0.2) is 28.3 Å². The first-order chi connectivity index (χ1) is 14.2. The number of fused-ring (bicyclic) bond motifs is 1. The van der Waals surface area contributed by atoms with Gasteiger partial charge in [-0.3, -0.25) is 14.6 Å². The third kappa shape index (κ3) is 4.60. The van der Waals surface area contributed by atoms with Gasteiger partial charge in [-0.1, -0.05) is 36.4 Å². The summed E-state index contributed by atoms with van der Waals surface area (Å²) >= 11 is 0. The first-order valence-corrected chi connectivity index (χ1v) is 9.43. The number of carbonyl (C=O) groups excluding carboxylic acids is 2. The maximum atomic E-state index is 12.6. The normalized spacial score (nSPS) is 13.2. The average molecular weight is 387 g/mol. The van der Waals surface area contributed by atoms with Gasteiger partial charge in [0.1, 0.15) is 5.75 Å². The molecule has 0 aliphatic carbocycles. The van der Waals surface area contributed by atoms with E-state index >= 15 is 0 Å². The number of aromatic nitrogens is 1. The molecular weight excluding hydrogens is 366 g/mol. The molecule has 146 valence electrons. The van der Waals surface area contributed by atoms with Crippen LogP contribution in [0.4, 0.5) is 0 Å². The van der Waals surface area contributed by atoms with Crippen molar-refractivity contribution >= 4 is 11.8 Å². The minimum Gasteiger partial charge on any atom is -0.483 e. The van der Waals surface area contributed by atoms with Crippen LogP contribution in [0.1, 0.15) is 27.0 Å². The molecule has 0 saturated carbocycles. The molecule has 0 unspecified atom stereocenters. The molecular formula is C23H21N3O3. The number of amides is 2. The fourth-order valence-electron chi connectivity index (χ4n) is 3.24. The zero-order chi connectivity index (χ0) is 20.1. The molecule has 0 bridgehead atoms. The van der Waals surface area contributed by atoms with Crippen molar-refractivity contribution in [3.63, 3.8) is 0 Å². The summed E-state index contributed by atoms with van der Waals surface area (Å²) in [5, 5.41) is 2.90. The molecule has 0 atom stereocenters. The molecule has 1 N–H and O–H groups in total. The number of pyridine rings is 1. The highest BCUT2D eigenvalue weighted by atomic mass is 16.5. The second-order valence-corrected chi connectivity index (χ2v) is 6.89. The van der Waals surface area contributed by atoms with E-state index in [1.165, 1.54) is 0 Å². The minimum atomic E-state index is -0.179. The Labute approximate surface area is 169 Å². The summed E-state index contributed by atoms with van der Waals surface area (Å²) in [6.07, 6.45) is 3.42. The number of nitrogens with zero attached hydrogens (tertiary/aromatic N) is 2. The van der Waals surface area contributed by atoms with Crippen molar-refractivity contribution in [1.82, 2.24) is 15.2 Å². The van der Waals surface area contributed by atoms with E-state index in [9.17, 15) is 9.59 Å². The van der Waals surface area contributed by atoms with Gasteiger partial charge in [0.05, 0.1) is 0 Å². The largest absolute Gasteiger partial charge is 0.483 e. The highest BCUT2D eigenvalue weighted by molar-refractivity contribution is 5.94. The van der Waals surface area contributed by atoms with Gasteiger partial charge < -0.3 is 15.0 Å². The van der Waals surface area contributed by atoms with E-state index < -0.39 is 0 Å². The van der Waals surface area contributed by atoms with Gasteiger partial charge in [0.15, 0.2) is 6.61 Å². The van der Waals surface area contributed by atoms with Crippen molar-refractivity contribution < 1.29 is 14.3 Å². The smallest absolute Gasteiger partial charge is 0.261 e. The van der Waals surface area contributed by atoms with Crippen molar-refractivity contribution in [3.05, 3.63) is 95.3 Å². The molecule has 2 aromatic carbocycles. The predicted octanol–water partition coefficient (Wildman–Crippen LogP) is 2.93. The molecule has 0 radical (unpaired) electrons. The Morgan fingerprint density at radius 2 is 1.90 bits per heavy atom. The van der Waals surface area contributed by atoms with Gasteiger partial charge in [0, 0.05) is 43.2 Å². The van der Waals surface area contributed by atoms with E-state index in [0.717, 1.165) is 16.7 Å². The topological polar surface area (TPSA) is 71.5 Å². The van der Waals surface area contributed by atoms with E-state index in [4.69, 9.17) is 4.74 Å². The highest BCUT2D eigenvalue weighted by Crippen LogP contribution is 2.25. The fraction of sp³-hybridized carbons (Fsp3) is 0.174. The molecule has 0 fully saturated rings. The Morgan fingerprint density at radius 3 is 2.69 bits per heavy atom. The van der Waals surface area contributed by atoms with Crippen LogP contribution in [0.25, 0.3) is 0 Å². The van der Waals surface area contributed by atoms with Crippen LogP contribution in [0.2, 0.25) is 0 Å². The summed E-state index contributed by atoms with van der Waals surface area (Å²) in [7, 11) is 0. The Hall–Kier alpha value is -3.67. The number of rotatable bonds is 5. The third-order valence-electron chi connectivity index (χ3n) is 4.78. The van der Waals surface area contributed by atoms with E-state index in [2.05, 4.69) is 10.3 Å². The summed E-state index contributed by atoms with van der Waals surface area (Å²) in [4.78, 5) is 30.9. The first kappa shape index (κ1) is 18.7. The van der Waals surface area contributed by atoms with E-state index in [0.29, 0.717) is 30.9 Å². The van der Waals surface area contributed by atoms with Crippen LogP contribution < -0.4 is 10.1 Å². The van der Waals surface area contributed by atoms with Crippen molar-refractivity contribution in [2.45, 2.75) is 19.6 Å². The van der Waals surface area contributed by atoms with Crippen molar-refractivity contribution in [2.24, 2.45) is 0 Å². The van der Waals surface area contributed by atoms with Gasteiger partial charge in [-0.15, -0.1) is 0 Å². The highest BCUT2D eigenvalue weighted by Gasteiger charge is 2.22. The number of nitrogens with one attached hydrogen (secondary N) is 1. The van der Waals surface area contributed by atoms with Crippen LogP contribution in [0, 0.1) is 0 Å². The lowest BCUT2D eigenvalue weighted by molar-refractivity contribution is -0.133. The second kappa shape index (κ2) is 8.56. The van der Waals surface area contributed by atoms with Crippen LogP contribution in [0.3, 0.4) is 0 Å². The molecule has 6 nitrogen and oxygen atoms in total. The number of benzene rings is 2. The maximum Gasteiger partial charge on any atom is 0.261 e. The van der Waals surface area contributed by atoms with Crippen LogP contribution in [0.15, 0.2) is 73.1 Å². The summed E-state index contributed by atoms with van der Waals surface area (Å²) < 4.78 is 5.66. The number of hydrogen-bond acceptors (Lipinski definition) is 4. The zero-order valence-corrected chi connectivity index (χ0v) is 15.9.